The van der Waals surface area contributed by atoms with E-state index in [1.165, 1.54) is 37.1 Å². The lowest BCUT2D eigenvalue weighted by Gasteiger charge is -2.15. The second-order valence-corrected chi connectivity index (χ2v) is 6.31. The van der Waals surface area contributed by atoms with Gasteiger partial charge in [0.05, 0.1) is 6.54 Å². The number of guanidine groups is 1. The van der Waals surface area contributed by atoms with E-state index >= 15 is 0 Å². The van der Waals surface area contributed by atoms with Crippen LogP contribution in [0.2, 0.25) is 0 Å². The van der Waals surface area contributed by atoms with Crippen molar-refractivity contribution in [2.24, 2.45) is 4.99 Å². The van der Waals surface area contributed by atoms with Crippen molar-refractivity contribution in [1.82, 2.24) is 25.7 Å². The molecule has 0 amide bonds. The SMILES string of the molecule is CN=C(NCc1ccc(CN2CCCC2)cc1)NCc1nc(C)no1. The van der Waals surface area contributed by atoms with Crippen LogP contribution < -0.4 is 10.6 Å². The molecule has 134 valence electrons. The smallest absolute Gasteiger partial charge is 0.246 e. The molecule has 0 aliphatic carbocycles. The van der Waals surface area contributed by atoms with Crippen LogP contribution in [0.5, 0.6) is 0 Å². The second-order valence-electron chi connectivity index (χ2n) is 6.31. The molecule has 1 aromatic carbocycles. The number of nitrogens with one attached hydrogen (secondary N) is 2. The van der Waals surface area contributed by atoms with E-state index in [0.29, 0.717) is 30.8 Å². The molecule has 1 fully saturated rings. The maximum absolute atomic E-state index is 5.08. The summed E-state index contributed by atoms with van der Waals surface area (Å²) in [6, 6.07) is 8.78. The number of aryl methyl sites for hydroxylation is 1. The van der Waals surface area contributed by atoms with Crippen LogP contribution in [0.3, 0.4) is 0 Å². The summed E-state index contributed by atoms with van der Waals surface area (Å²) in [4.78, 5) is 10.9. The lowest BCUT2D eigenvalue weighted by molar-refractivity contribution is 0.331. The Hall–Kier alpha value is -2.41. The topological polar surface area (TPSA) is 78.6 Å². The zero-order valence-electron chi connectivity index (χ0n) is 15.0. The molecule has 25 heavy (non-hydrogen) atoms. The fourth-order valence-corrected chi connectivity index (χ4v) is 2.94. The third-order valence-electron chi connectivity index (χ3n) is 4.29. The minimum Gasteiger partial charge on any atom is -0.352 e. The lowest BCUT2D eigenvalue weighted by atomic mass is 10.1. The van der Waals surface area contributed by atoms with Gasteiger partial charge in [-0.25, -0.2) is 0 Å². The second kappa shape index (κ2) is 8.62. The molecular weight excluding hydrogens is 316 g/mol. The highest BCUT2D eigenvalue weighted by Gasteiger charge is 2.11. The summed E-state index contributed by atoms with van der Waals surface area (Å²) in [6.07, 6.45) is 2.66. The Balaban J connectivity index is 1.44. The molecule has 0 unspecified atom stereocenters. The first kappa shape index (κ1) is 17.4. The molecule has 0 atom stereocenters. The summed E-state index contributed by atoms with van der Waals surface area (Å²) >= 11 is 0. The van der Waals surface area contributed by atoms with Crippen LogP contribution in [-0.4, -0.2) is 41.1 Å². The molecule has 0 spiro atoms. The molecule has 2 heterocycles. The number of rotatable bonds is 6. The Morgan fingerprint density at radius 2 is 1.80 bits per heavy atom. The first-order valence-corrected chi connectivity index (χ1v) is 8.77. The molecule has 0 saturated carbocycles. The van der Waals surface area contributed by atoms with E-state index < -0.39 is 0 Å². The third-order valence-corrected chi connectivity index (χ3v) is 4.29. The average molecular weight is 342 g/mol. The van der Waals surface area contributed by atoms with Gasteiger partial charge in [-0.3, -0.25) is 9.89 Å². The maximum Gasteiger partial charge on any atom is 0.246 e. The first-order valence-electron chi connectivity index (χ1n) is 8.77. The van der Waals surface area contributed by atoms with Gasteiger partial charge in [0, 0.05) is 20.1 Å². The van der Waals surface area contributed by atoms with E-state index in [1.54, 1.807) is 14.0 Å². The summed E-state index contributed by atoms with van der Waals surface area (Å²) in [7, 11) is 1.74. The van der Waals surface area contributed by atoms with Crippen LogP contribution >= 0.6 is 0 Å². The summed E-state index contributed by atoms with van der Waals surface area (Å²) in [5.41, 5.74) is 2.60. The van der Waals surface area contributed by atoms with E-state index in [9.17, 15) is 0 Å². The van der Waals surface area contributed by atoms with E-state index in [1.807, 2.05) is 0 Å². The van der Waals surface area contributed by atoms with Crippen LogP contribution in [0.15, 0.2) is 33.8 Å². The fourth-order valence-electron chi connectivity index (χ4n) is 2.94. The van der Waals surface area contributed by atoms with Gasteiger partial charge in [-0.05, 0) is 44.0 Å². The van der Waals surface area contributed by atoms with Crippen molar-refractivity contribution in [2.75, 3.05) is 20.1 Å². The zero-order valence-corrected chi connectivity index (χ0v) is 15.0. The van der Waals surface area contributed by atoms with Crippen LogP contribution in [0, 0.1) is 6.92 Å². The number of hydrogen-bond acceptors (Lipinski definition) is 5. The third kappa shape index (κ3) is 5.29. The predicted molar refractivity (Wildman–Crippen MR) is 97.0 cm³/mol. The summed E-state index contributed by atoms with van der Waals surface area (Å²) in [6.45, 7) is 6.48. The van der Waals surface area contributed by atoms with Gasteiger partial charge in [-0.2, -0.15) is 4.98 Å². The average Bonchev–Trinajstić information content (AvgIpc) is 3.28. The van der Waals surface area contributed by atoms with Crippen LogP contribution in [0.25, 0.3) is 0 Å². The van der Waals surface area contributed by atoms with Gasteiger partial charge in [0.1, 0.15) is 0 Å². The van der Waals surface area contributed by atoms with Gasteiger partial charge < -0.3 is 15.2 Å². The van der Waals surface area contributed by atoms with Crippen molar-refractivity contribution in [3.05, 3.63) is 47.1 Å². The molecule has 2 aromatic rings. The minimum atomic E-state index is 0.454. The normalized spacial score (nSPS) is 15.5. The Kier molecular flexibility index (Phi) is 6.00. The molecule has 1 aromatic heterocycles. The molecule has 1 aliphatic rings. The summed E-state index contributed by atoms with van der Waals surface area (Å²) < 4.78 is 5.08. The van der Waals surface area contributed by atoms with E-state index in [0.717, 1.165) is 6.54 Å². The van der Waals surface area contributed by atoms with E-state index in [2.05, 4.69) is 54.9 Å². The van der Waals surface area contributed by atoms with Crippen molar-refractivity contribution >= 4 is 5.96 Å². The molecule has 7 nitrogen and oxygen atoms in total. The number of hydrogen-bond donors (Lipinski definition) is 2. The Bertz CT molecular complexity index is 688. The highest BCUT2D eigenvalue weighted by atomic mass is 16.5. The minimum absolute atomic E-state index is 0.454. The maximum atomic E-state index is 5.08. The number of benzene rings is 1. The number of nitrogens with zero attached hydrogens (tertiary/aromatic N) is 4. The first-order chi connectivity index (χ1) is 12.2. The van der Waals surface area contributed by atoms with E-state index in [-0.39, 0.29) is 0 Å². The molecule has 1 saturated heterocycles. The number of aromatic nitrogens is 2. The zero-order chi connectivity index (χ0) is 17.5. The molecule has 7 heteroatoms. The van der Waals surface area contributed by atoms with Crippen molar-refractivity contribution in [2.45, 2.75) is 39.4 Å². The fraction of sp³-hybridized carbons (Fsp3) is 0.500. The summed E-state index contributed by atoms with van der Waals surface area (Å²) in [5.74, 6) is 1.89. The van der Waals surface area contributed by atoms with Crippen LogP contribution in [0.4, 0.5) is 0 Å². The standard InChI is InChI=1S/C18H26N6O/c1-14-22-17(25-23-14)12-21-18(19-2)20-11-15-5-7-16(8-6-15)13-24-9-3-4-10-24/h5-8H,3-4,9-13H2,1-2H3,(H2,19,20,21). The van der Waals surface area contributed by atoms with Gasteiger partial charge >= 0.3 is 0 Å². The lowest BCUT2D eigenvalue weighted by Crippen LogP contribution is -2.36. The van der Waals surface area contributed by atoms with Crippen LogP contribution in [-0.2, 0) is 19.6 Å². The summed E-state index contributed by atoms with van der Waals surface area (Å²) in [5, 5.41) is 10.2. The Morgan fingerprint density at radius 1 is 1.12 bits per heavy atom. The monoisotopic (exact) mass is 342 g/mol. The van der Waals surface area contributed by atoms with Crippen molar-refractivity contribution in [1.29, 1.82) is 0 Å². The van der Waals surface area contributed by atoms with Gasteiger partial charge in [-0.1, -0.05) is 29.4 Å². The molecule has 2 N–H and O–H groups in total. The largest absolute Gasteiger partial charge is 0.352 e. The van der Waals surface area contributed by atoms with E-state index in [4.69, 9.17) is 4.52 Å². The Morgan fingerprint density at radius 3 is 2.44 bits per heavy atom. The van der Waals surface area contributed by atoms with Gasteiger partial charge in [0.2, 0.25) is 5.89 Å². The van der Waals surface area contributed by atoms with Crippen molar-refractivity contribution in [3.63, 3.8) is 0 Å². The molecule has 0 bridgehead atoms. The molecule has 3 rings (SSSR count). The predicted octanol–water partition coefficient (Wildman–Crippen LogP) is 1.84. The van der Waals surface area contributed by atoms with Gasteiger partial charge in [-0.15, -0.1) is 0 Å². The number of aliphatic imine (C=N–C) groups is 1. The molecule has 0 radical (unpaired) electrons. The quantitative estimate of drug-likeness (QED) is 0.616. The van der Waals surface area contributed by atoms with Crippen molar-refractivity contribution in [3.8, 4) is 0 Å². The van der Waals surface area contributed by atoms with Gasteiger partial charge in [0.15, 0.2) is 11.8 Å². The van der Waals surface area contributed by atoms with Gasteiger partial charge in [0.25, 0.3) is 0 Å². The molecule has 1 aliphatic heterocycles. The van der Waals surface area contributed by atoms with Crippen molar-refractivity contribution < 1.29 is 4.52 Å². The van der Waals surface area contributed by atoms with Crippen LogP contribution in [0.1, 0.15) is 35.7 Å². The molecular formula is C18H26N6O. The highest BCUT2D eigenvalue weighted by molar-refractivity contribution is 5.79. The Labute approximate surface area is 148 Å². The number of likely N-dealkylation sites (tertiary alicyclic amines) is 1. The highest BCUT2D eigenvalue weighted by Crippen LogP contribution is 2.13.